The normalized spacial score (nSPS) is 16.9. The molecule has 39 heavy (non-hydrogen) atoms. The minimum atomic E-state index is -0.577. The minimum Gasteiger partial charge on any atom is -0.860 e. The molecule has 196 valence electrons. The van der Waals surface area contributed by atoms with Gasteiger partial charge in [0.2, 0.25) is 0 Å². The van der Waals surface area contributed by atoms with Crippen LogP contribution < -0.4 is 79.3 Å². The first-order valence-electron chi connectivity index (χ1n) is 13.3. The first kappa shape index (κ1) is 34.4. The van der Waals surface area contributed by atoms with Gasteiger partial charge in [-0.1, -0.05) is 99.4 Å². The summed E-state index contributed by atoms with van der Waals surface area (Å²) in [6, 6.07) is 18.8. The molecule has 10 heteroatoms. The van der Waals surface area contributed by atoms with Gasteiger partial charge in [0.05, 0.1) is 11.4 Å². The van der Waals surface area contributed by atoms with Gasteiger partial charge in [-0.15, -0.1) is 0 Å². The van der Waals surface area contributed by atoms with Gasteiger partial charge in [-0.25, -0.2) is 10.0 Å². The Hall–Kier alpha value is -0.840. The molecule has 2 aliphatic rings. The summed E-state index contributed by atoms with van der Waals surface area (Å²) in [7, 11) is 0. The van der Waals surface area contributed by atoms with E-state index in [1.165, 1.54) is 12.8 Å². The number of hydrogen-bond acceptors (Lipinski definition) is 6. The van der Waals surface area contributed by atoms with Crippen molar-refractivity contribution in [2.24, 2.45) is 22.0 Å². The quantitative estimate of drug-likeness (QED) is 0.139. The van der Waals surface area contributed by atoms with Crippen molar-refractivity contribution in [3.05, 3.63) is 60.7 Å². The van der Waals surface area contributed by atoms with Crippen molar-refractivity contribution in [1.82, 2.24) is 0 Å². The van der Waals surface area contributed by atoms with Crippen molar-refractivity contribution < 1.29 is 69.3 Å². The molecule has 0 atom stereocenters. The molecule has 0 bridgehead atoms. The van der Waals surface area contributed by atoms with E-state index in [0.29, 0.717) is 9.98 Å². The van der Waals surface area contributed by atoms with Crippen molar-refractivity contribution in [1.29, 1.82) is 0 Å². The van der Waals surface area contributed by atoms with E-state index in [0.717, 1.165) is 62.7 Å². The first-order valence-corrected chi connectivity index (χ1v) is 14.1. The predicted octanol–water partition coefficient (Wildman–Crippen LogP) is -0.439. The molecule has 2 fully saturated rings. The van der Waals surface area contributed by atoms with Gasteiger partial charge in [0.1, 0.15) is 9.98 Å². The Morgan fingerprint density at radius 1 is 0.615 bits per heavy atom. The largest absolute Gasteiger partial charge is 1.00 e. The van der Waals surface area contributed by atoms with Crippen LogP contribution in [0.25, 0.3) is 0 Å². The number of anilines is 2. The van der Waals surface area contributed by atoms with E-state index in [9.17, 15) is 10.2 Å². The van der Waals surface area contributed by atoms with Gasteiger partial charge >= 0.3 is 59.1 Å². The van der Waals surface area contributed by atoms with Gasteiger partial charge in [0.25, 0.3) is 0 Å². The molecular formula is C29H34N4Na2O2S2. The Balaban J connectivity index is 0.00000267. The standard InChI is InChI=1S/C29H36N4O2S2.2Na/c34-26(30-32(24-17-9-3-10-18-24)28(36)22-13-5-1-6-14-22)21-27(35)31-33(25-19-11-4-12-20-25)29(37)23-15-7-2-8-16-23;;/h3-4,9-12,17-20,22-23H,1-2,5-8,13-16,21H2,(H,30,34)(H,31,35);;/q;2*+1/p-2. The summed E-state index contributed by atoms with van der Waals surface area (Å²) in [6.45, 7) is 0. The van der Waals surface area contributed by atoms with E-state index in [4.69, 9.17) is 24.4 Å². The summed E-state index contributed by atoms with van der Waals surface area (Å²) in [6.07, 6.45) is 10.4. The monoisotopic (exact) mass is 580 g/mol. The predicted molar refractivity (Wildman–Crippen MR) is 156 cm³/mol. The zero-order valence-electron chi connectivity index (χ0n) is 23.1. The molecular weight excluding hydrogens is 546 g/mol. The Kier molecular flexibility index (Phi) is 15.7. The second kappa shape index (κ2) is 17.9. The number of benzene rings is 2. The maximum Gasteiger partial charge on any atom is 1.00 e. The fourth-order valence-electron chi connectivity index (χ4n) is 5.08. The van der Waals surface area contributed by atoms with Crippen LogP contribution in [0.3, 0.4) is 0 Å². The second-order valence-electron chi connectivity index (χ2n) is 9.81. The molecule has 4 rings (SSSR count). The van der Waals surface area contributed by atoms with Crippen LogP contribution in [-0.2, 0) is 0 Å². The summed E-state index contributed by atoms with van der Waals surface area (Å²) in [5.74, 6) is -0.760. The van der Waals surface area contributed by atoms with Crippen LogP contribution in [0.15, 0.2) is 70.9 Å². The van der Waals surface area contributed by atoms with E-state index in [2.05, 4.69) is 10.2 Å². The van der Waals surface area contributed by atoms with Crippen molar-refractivity contribution >= 4 is 57.6 Å². The van der Waals surface area contributed by atoms with Crippen LogP contribution in [0.5, 0.6) is 0 Å². The molecule has 0 aliphatic heterocycles. The van der Waals surface area contributed by atoms with Crippen molar-refractivity contribution in [3.8, 4) is 0 Å². The zero-order valence-corrected chi connectivity index (χ0v) is 28.8. The topological polar surface area (TPSA) is 77.3 Å². The Morgan fingerprint density at radius 3 is 1.28 bits per heavy atom. The third kappa shape index (κ3) is 10.2. The molecule has 0 radical (unpaired) electrons. The van der Waals surface area contributed by atoms with E-state index in [1.807, 2.05) is 60.7 Å². The van der Waals surface area contributed by atoms with E-state index in [1.54, 1.807) is 10.0 Å². The third-order valence-corrected chi connectivity index (χ3v) is 8.07. The number of hydrazone groups is 2. The molecule has 2 aromatic carbocycles. The number of nitrogens with zero attached hydrogens (tertiary/aromatic N) is 4. The van der Waals surface area contributed by atoms with Crippen molar-refractivity contribution in [2.45, 2.75) is 70.6 Å². The average Bonchev–Trinajstić information content (AvgIpc) is 2.96. The Labute approximate surface area is 287 Å². The van der Waals surface area contributed by atoms with Crippen LogP contribution in [0.2, 0.25) is 0 Å². The van der Waals surface area contributed by atoms with Crippen LogP contribution in [-0.4, -0.2) is 21.8 Å². The van der Waals surface area contributed by atoms with Crippen LogP contribution in [0.4, 0.5) is 11.4 Å². The third-order valence-electron chi connectivity index (χ3n) is 7.05. The molecule has 0 heterocycles. The molecule has 0 spiro atoms. The smallest absolute Gasteiger partial charge is 0.860 e. The number of thiocarbonyl (C=S) groups is 2. The van der Waals surface area contributed by atoms with E-state index in [-0.39, 0.29) is 71.0 Å². The molecule has 0 saturated heterocycles. The number of rotatable bonds is 8. The van der Waals surface area contributed by atoms with Gasteiger partial charge in [0, 0.05) is 18.3 Å². The summed E-state index contributed by atoms with van der Waals surface area (Å²) in [5, 5.41) is 37.7. The Bertz CT molecular complexity index is 1020. The molecule has 0 aromatic heterocycles. The second-order valence-corrected chi connectivity index (χ2v) is 10.6. The summed E-state index contributed by atoms with van der Waals surface area (Å²) in [4.78, 5) is 1.26. The fraction of sp³-hybridized carbons (Fsp3) is 0.448. The van der Waals surface area contributed by atoms with Crippen LogP contribution >= 0.6 is 24.4 Å². The van der Waals surface area contributed by atoms with E-state index < -0.39 is 18.2 Å². The molecule has 0 unspecified atom stereocenters. The van der Waals surface area contributed by atoms with Crippen molar-refractivity contribution in [3.63, 3.8) is 0 Å². The Morgan fingerprint density at radius 2 is 0.949 bits per heavy atom. The average molecular weight is 581 g/mol. The summed E-state index contributed by atoms with van der Waals surface area (Å²) < 4.78 is 0. The van der Waals surface area contributed by atoms with Crippen molar-refractivity contribution in [2.75, 3.05) is 10.0 Å². The summed E-state index contributed by atoms with van der Waals surface area (Å²) >= 11 is 11.6. The maximum absolute atomic E-state index is 13.0. The van der Waals surface area contributed by atoms with Gasteiger partial charge in [0.15, 0.2) is 0 Å². The SMILES string of the molecule is [Na+].[Na+].[O-]/C(C/C([O-])=N/N(C(=S)C1CCCCC1)c1ccccc1)=N\N(C(=S)C1CCCCC1)c1ccccc1. The van der Waals surface area contributed by atoms with Gasteiger partial charge in [-0.2, -0.15) is 10.2 Å². The maximum atomic E-state index is 13.0. The van der Waals surface area contributed by atoms with E-state index >= 15 is 0 Å². The molecule has 2 aliphatic carbocycles. The zero-order chi connectivity index (χ0) is 26.0. The fourth-order valence-corrected chi connectivity index (χ4v) is 5.84. The van der Waals surface area contributed by atoms with Crippen LogP contribution in [0.1, 0.15) is 70.6 Å². The van der Waals surface area contributed by atoms with Crippen LogP contribution in [0, 0.1) is 11.8 Å². The molecule has 2 aromatic rings. The van der Waals surface area contributed by atoms with Gasteiger partial charge in [-0.05, 0) is 61.7 Å². The molecule has 2 saturated carbocycles. The molecule has 0 amide bonds. The molecule has 6 nitrogen and oxygen atoms in total. The number of para-hydroxylation sites is 2. The molecule has 0 N–H and O–H groups in total. The summed E-state index contributed by atoms with van der Waals surface area (Å²) in [5.41, 5.74) is 1.44. The van der Waals surface area contributed by atoms with Gasteiger partial charge < -0.3 is 10.2 Å². The first-order chi connectivity index (χ1) is 18.0. The minimum absolute atomic E-state index is 0. The van der Waals surface area contributed by atoms with Gasteiger partial charge in [-0.3, -0.25) is 0 Å². The number of hydrogen-bond donors (Lipinski definition) is 0.